The number of nitro benzene ring substituents is 1. The van der Waals surface area contributed by atoms with Gasteiger partial charge in [0.2, 0.25) is 0 Å². The zero-order valence-corrected chi connectivity index (χ0v) is 13.9. The van der Waals surface area contributed by atoms with Crippen molar-refractivity contribution in [3.05, 3.63) is 81.4 Å². The first-order valence-corrected chi connectivity index (χ1v) is 8.20. The lowest BCUT2D eigenvalue weighted by Gasteiger charge is -2.28. The number of hydrogen-bond donors (Lipinski definition) is 0. The van der Waals surface area contributed by atoms with Gasteiger partial charge in [-0.25, -0.2) is 4.90 Å². The van der Waals surface area contributed by atoms with Crippen LogP contribution in [0.4, 0.5) is 11.4 Å². The third-order valence-corrected chi connectivity index (χ3v) is 4.65. The number of anilines is 1. The van der Waals surface area contributed by atoms with Crippen LogP contribution >= 0.6 is 0 Å². The number of non-ortho nitro benzene ring substituents is 1. The van der Waals surface area contributed by atoms with Gasteiger partial charge in [-0.2, -0.15) is 0 Å². The van der Waals surface area contributed by atoms with E-state index in [1.54, 1.807) is 30.3 Å². The minimum Gasteiger partial charge on any atom is -0.268 e. The van der Waals surface area contributed by atoms with Crippen LogP contribution in [0.15, 0.2) is 54.6 Å². The van der Waals surface area contributed by atoms with E-state index in [2.05, 4.69) is 0 Å². The van der Waals surface area contributed by atoms with E-state index >= 15 is 0 Å². The van der Waals surface area contributed by atoms with Crippen molar-refractivity contribution in [1.82, 2.24) is 0 Å². The Kier molecular flexibility index (Phi) is 3.54. The lowest BCUT2D eigenvalue weighted by Crippen LogP contribution is -2.41. The maximum absolute atomic E-state index is 13.1. The molecule has 0 aliphatic carbocycles. The van der Waals surface area contributed by atoms with Crippen molar-refractivity contribution in [1.29, 1.82) is 0 Å². The summed E-state index contributed by atoms with van der Waals surface area (Å²) in [5, 5.41) is 12.2. The zero-order chi connectivity index (χ0) is 18.4. The molecule has 0 N–H and O–H groups in total. The van der Waals surface area contributed by atoms with E-state index in [-0.39, 0.29) is 11.3 Å². The largest absolute Gasteiger partial charge is 0.270 e. The number of hydrogen-bond acceptors (Lipinski definition) is 4. The van der Waals surface area contributed by atoms with Gasteiger partial charge < -0.3 is 0 Å². The van der Waals surface area contributed by atoms with Crippen LogP contribution in [-0.2, 0) is 6.42 Å². The van der Waals surface area contributed by atoms with E-state index in [1.165, 1.54) is 12.1 Å². The number of carbonyl (C=O) groups excluding carboxylic acids is 2. The van der Waals surface area contributed by atoms with Crippen molar-refractivity contribution >= 4 is 34.0 Å². The van der Waals surface area contributed by atoms with Crippen LogP contribution in [0.2, 0.25) is 0 Å². The van der Waals surface area contributed by atoms with Crippen molar-refractivity contribution < 1.29 is 14.5 Å². The van der Waals surface area contributed by atoms with Gasteiger partial charge in [0.15, 0.2) is 0 Å². The first-order valence-electron chi connectivity index (χ1n) is 8.20. The number of amides is 2. The SMILES string of the molecule is CCc1ccccc1N1C(=O)c2cccc3cc([N+](=O)[O-])cc(c23)C1=O. The molecule has 26 heavy (non-hydrogen) atoms. The number of nitrogens with zero attached hydrogens (tertiary/aromatic N) is 2. The van der Waals surface area contributed by atoms with Crippen molar-refractivity contribution in [3.8, 4) is 0 Å². The van der Waals surface area contributed by atoms with Gasteiger partial charge in [-0.3, -0.25) is 19.7 Å². The van der Waals surface area contributed by atoms with Gasteiger partial charge in [0.1, 0.15) is 0 Å². The molecule has 0 atom stereocenters. The van der Waals surface area contributed by atoms with Gasteiger partial charge in [0.25, 0.3) is 17.5 Å². The Labute approximate surface area is 148 Å². The van der Waals surface area contributed by atoms with E-state index in [0.717, 1.165) is 10.5 Å². The molecule has 4 rings (SSSR count). The molecular formula is C20H14N2O4. The van der Waals surface area contributed by atoms with E-state index in [1.807, 2.05) is 19.1 Å². The number of benzene rings is 3. The summed E-state index contributed by atoms with van der Waals surface area (Å²) in [4.78, 5) is 38.1. The van der Waals surface area contributed by atoms with Crippen LogP contribution in [0.5, 0.6) is 0 Å². The van der Waals surface area contributed by atoms with Gasteiger partial charge >= 0.3 is 0 Å². The predicted octanol–water partition coefficient (Wildman–Crippen LogP) is 4.11. The fourth-order valence-electron chi connectivity index (χ4n) is 3.44. The van der Waals surface area contributed by atoms with Gasteiger partial charge in [0, 0.05) is 23.1 Å². The minimum atomic E-state index is -0.539. The summed E-state index contributed by atoms with van der Waals surface area (Å²) in [6.07, 6.45) is 0.652. The standard InChI is InChI=1S/C20H14N2O4/c1-2-12-6-3-4-9-17(12)21-19(23)15-8-5-7-13-10-14(22(25)26)11-16(18(13)15)20(21)24/h3-11H,2H2,1H3. The van der Waals surface area contributed by atoms with Gasteiger partial charge in [-0.05, 0) is 29.5 Å². The summed E-state index contributed by atoms with van der Waals surface area (Å²) in [5.74, 6) is -0.953. The summed E-state index contributed by atoms with van der Waals surface area (Å²) in [5.41, 5.74) is 1.75. The number of aryl methyl sites for hydroxylation is 1. The quantitative estimate of drug-likeness (QED) is 0.406. The lowest BCUT2D eigenvalue weighted by molar-refractivity contribution is -0.384. The highest BCUT2D eigenvalue weighted by Crippen LogP contribution is 2.36. The lowest BCUT2D eigenvalue weighted by atomic mass is 9.92. The Morgan fingerprint density at radius 2 is 1.69 bits per heavy atom. The molecule has 3 aromatic carbocycles. The highest BCUT2D eigenvalue weighted by atomic mass is 16.6. The van der Waals surface area contributed by atoms with Gasteiger partial charge in [-0.15, -0.1) is 0 Å². The summed E-state index contributed by atoms with van der Waals surface area (Å²) in [7, 11) is 0. The van der Waals surface area contributed by atoms with Crippen LogP contribution in [0.25, 0.3) is 10.8 Å². The number of nitro groups is 1. The molecule has 0 bridgehead atoms. The molecule has 2 amide bonds. The Morgan fingerprint density at radius 1 is 0.962 bits per heavy atom. The molecule has 0 aromatic heterocycles. The fraction of sp³-hybridized carbons (Fsp3) is 0.100. The fourth-order valence-corrected chi connectivity index (χ4v) is 3.44. The van der Waals surface area contributed by atoms with Crippen LogP contribution in [0.1, 0.15) is 33.2 Å². The smallest absolute Gasteiger partial charge is 0.268 e. The molecule has 3 aromatic rings. The molecule has 0 unspecified atom stereocenters. The second-order valence-electron chi connectivity index (χ2n) is 6.08. The molecular weight excluding hydrogens is 332 g/mol. The minimum absolute atomic E-state index is 0.170. The monoisotopic (exact) mass is 346 g/mol. The molecule has 0 saturated carbocycles. The first-order chi connectivity index (χ1) is 12.5. The Balaban J connectivity index is 2.02. The molecule has 1 aliphatic rings. The van der Waals surface area contributed by atoms with Crippen molar-refractivity contribution in [2.45, 2.75) is 13.3 Å². The van der Waals surface area contributed by atoms with Crippen LogP contribution in [0.3, 0.4) is 0 Å². The maximum atomic E-state index is 13.1. The third kappa shape index (κ3) is 2.19. The highest BCUT2D eigenvalue weighted by Gasteiger charge is 2.36. The maximum Gasteiger partial charge on any atom is 0.270 e. The van der Waals surface area contributed by atoms with Gasteiger partial charge in [-0.1, -0.05) is 37.3 Å². The summed E-state index contributed by atoms with van der Waals surface area (Å²) < 4.78 is 0. The number of para-hydroxylation sites is 1. The summed E-state index contributed by atoms with van der Waals surface area (Å²) in [6.45, 7) is 1.94. The highest BCUT2D eigenvalue weighted by molar-refractivity contribution is 6.36. The second-order valence-corrected chi connectivity index (χ2v) is 6.08. The molecule has 0 saturated heterocycles. The Bertz CT molecular complexity index is 1100. The molecule has 1 heterocycles. The average molecular weight is 346 g/mol. The molecule has 1 aliphatic heterocycles. The van der Waals surface area contributed by atoms with Crippen molar-refractivity contribution in [3.63, 3.8) is 0 Å². The topological polar surface area (TPSA) is 80.5 Å². The molecule has 6 heteroatoms. The zero-order valence-electron chi connectivity index (χ0n) is 13.9. The van der Waals surface area contributed by atoms with E-state index in [4.69, 9.17) is 0 Å². The van der Waals surface area contributed by atoms with Crippen LogP contribution in [0, 0.1) is 10.1 Å². The predicted molar refractivity (Wildman–Crippen MR) is 97.6 cm³/mol. The van der Waals surface area contributed by atoms with Crippen LogP contribution < -0.4 is 4.90 Å². The summed E-state index contributed by atoms with van der Waals surface area (Å²) in [6, 6.07) is 14.8. The first kappa shape index (κ1) is 16.0. The molecule has 0 spiro atoms. The molecule has 0 radical (unpaired) electrons. The second kappa shape index (κ2) is 5.77. The van der Waals surface area contributed by atoms with E-state index in [9.17, 15) is 19.7 Å². The van der Waals surface area contributed by atoms with E-state index in [0.29, 0.717) is 28.4 Å². The number of rotatable bonds is 3. The number of carbonyl (C=O) groups is 2. The molecule has 6 nitrogen and oxygen atoms in total. The van der Waals surface area contributed by atoms with E-state index < -0.39 is 16.7 Å². The van der Waals surface area contributed by atoms with Gasteiger partial charge in [0.05, 0.1) is 16.2 Å². The number of imide groups is 1. The summed E-state index contributed by atoms with van der Waals surface area (Å²) >= 11 is 0. The van der Waals surface area contributed by atoms with Crippen molar-refractivity contribution in [2.24, 2.45) is 0 Å². The average Bonchev–Trinajstić information content (AvgIpc) is 2.66. The molecule has 0 fully saturated rings. The Morgan fingerprint density at radius 3 is 2.42 bits per heavy atom. The normalized spacial score (nSPS) is 13.3. The molecule has 128 valence electrons. The van der Waals surface area contributed by atoms with Crippen LogP contribution in [-0.4, -0.2) is 16.7 Å². The Hall–Kier alpha value is -3.54. The van der Waals surface area contributed by atoms with Crippen molar-refractivity contribution in [2.75, 3.05) is 4.90 Å². The third-order valence-electron chi connectivity index (χ3n) is 4.65.